The van der Waals surface area contributed by atoms with Gasteiger partial charge >= 0.3 is 0 Å². The number of benzene rings is 2. The Kier molecular flexibility index (Phi) is 4.60. The lowest BCUT2D eigenvalue weighted by Crippen LogP contribution is -1.91. The van der Waals surface area contributed by atoms with Crippen LogP contribution in [-0.4, -0.2) is 11.7 Å². The minimum absolute atomic E-state index is 0.0596. The number of aliphatic hydroxyl groups excluding tert-OH is 1. The van der Waals surface area contributed by atoms with Gasteiger partial charge in [-0.15, -0.1) is 0 Å². The largest absolute Gasteiger partial charge is 0.494 e. The van der Waals surface area contributed by atoms with Gasteiger partial charge in [-0.2, -0.15) is 0 Å². The first-order valence-corrected chi connectivity index (χ1v) is 6.26. The van der Waals surface area contributed by atoms with Crippen LogP contribution in [-0.2, 0) is 6.61 Å². The first kappa shape index (κ1) is 13.2. The topological polar surface area (TPSA) is 29.5 Å². The molecule has 96 valence electrons. The van der Waals surface area contributed by atoms with Crippen LogP contribution in [0.4, 0.5) is 0 Å². The highest BCUT2D eigenvalue weighted by atomic mass is 16.5. The fraction of sp³-hybridized carbons (Fsp3) is 0.176. The zero-order valence-electron chi connectivity index (χ0n) is 10.9. The van der Waals surface area contributed by atoms with Gasteiger partial charge in [-0.25, -0.2) is 0 Å². The van der Waals surface area contributed by atoms with Gasteiger partial charge in [-0.1, -0.05) is 30.0 Å². The second kappa shape index (κ2) is 6.63. The Morgan fingerprint density at radius 2 is 1.74 bits per heavy atom. The fourth-order valence-electron chi connectivity index (χ4n) is 1.67. The van der Waals surface area contributed by atoms with Crippen molar-refractivity contribution in [1.29, 1.82) is 0 Å². The Hall–Kier alpha value is -2.24. The van der Waals surface area contributed by atoms with Crippen molar-refractivity contribution < 1.29 is 9.84 Å². The van der Waals surface area contributed by atoms with Gasteiger partial charge in [0.2, 0.25) is 0 Å². The highest BCUT2D eigenvalue weighted by Gasteiger charge is 1.93. The van der Waals surface area contributed by atoms with E-state index in [1.165, 1.54) is 0 Å². The number of ether oxygens (including phenoxy) is 1. The fourth-order valence-corrected chi connectivity index (χ4v) is 1.67. The number of hydrogen-bond acceptors (Lipinski definition) is 2. The summed E-state index contributed by atoms with van der Waals surface area (Å²) < 4.78 is 5.43. The number of hydrogen-bond donors (Lipinski definition) is 1. The summed E-state index contributed by atoms with van der Waals surface area (Å²) in [7, 11) is 0. The average molecular weight is 252 g/mol. The third kappa shape index (κ3) is 3.87. The maximum Gasteiger partial charge on any atom is 0.120 e. The van der Waals surface area contributed by atoms with Gasteiger partial charge in [0.25, 0.3) is 0 Å². The smallest absolute Gasteiger partial charge is 0.120 e. The quantitative estimate of drug-likeness (QED) is 0.851. The summed E-state index contributed by atoms with van der Waals surface area (Å²) in [5.74, 6) is 7.04. The summed E-state index contributed by atoms with van der Waals surface area (Å²) in [6, 6.07) is 15.3. The Morgan fingerprint density at radius 1 is 1.00 bits per heavy atom. The van der Waals surface area contributed by atoms with Crippen molar-refractivity contribution in [3.63, 3.8) is 0 Å². The van der Waals surface area contributed by atoms with Crippen molar-refractivity contribution in [1.82, 2.24) is 0 Å². The van der Waals surface area contributed by atoms with Gasteiger partial charge in [0, 0.05) is 11.1 Å². The van der Waals surface area contributed by atoms with Crippen molar-refractivity contribution in [2.75, 3.05) is 6.61 Å². The molecule has 0 aliphatic carbocycles. The van der Waals surface area contributed by atoms with E-state index in [0.29, 0.717) is 6.61 Å². The summed E-state index contributed by atoms with van der Waals surface area (Å²) >= 11 is 0. The van der Waals surface area contributed by atoms with Gasteiger partial charge in [0.05, 0.1) is 13.2 Å². The molecule has 0 atom stereocenters. The van der Waals surface area contributed by atoms with E-state index >= 15 is 0 Å². The summed E-state index contributed by atoms with van der Waals surface area (Å²) in [6.45, 7) is 2.67. The molecule has 0 aliphatic rings. The van der Waals surface area contributed by atoms with Crippen molar-refractivity contribution in [2.24, 2.45) is 0 Å². The molecule has 2 aromatic carbocycles. The molecule has 0 aromatic heterocycles. The number of rotatable bonds is 3. The lowest BCUT2D eigenvalue weighted by molar-refractivity contribution is 0.282. The van der Waals surface area contributed by atoms with Gasteiger partial charge in [0.1, 0.15) is 5.75 Å². The predicted octanol–water partition coefficient (Wildman–Crippen LogP) is 2.98. The zero-order valence-corrected chi connectivity index (χ0v) is 10.9. The summed E-state index contributed by atoms with van der Waals surface area (Å²) in [6.07, 6.45) is 0. The Labute approximate surface area is 113 Å². The highest BCUT2D eigenvalue weighted by molar-refractivity contribution is 5.45. The van der Waals surface area contributed by atoms with Crippen LogP contribution in [0.1, 0.15) is 23.6 Å². The third-order valence-corrected chi connectivity index (χ3v) is 2.63. The van der Waals surface area contributed by atoms with Crippen LogP contribution in [0.3, 0.4) is 0 Å². The van der Waals surface area contributed by atoms with E-state index in [-0.39, 0.29) is 6.61 Å². The normalized spacial score (nSPS) is 9.58. The van der Waals surface area contributed by atoms with Crippen LogP contribution in [0.2, 0.25) is 0 Å². The predicted molar refractivity (Wildman–Crippen MR) is 76.0 cm³/mol. The molecule has 0 fully saturated rings. The maximum absolute atomic E-state index is 8.97. The molecular weight excluding hydrogens is 236 g/mol. The van der Waals surface area contributed by atoms with Crippen molar-refractivity contribution >= 4 is 0 Å². The molecule has 0 saturated carbocycles. The molecule has 19 heavy (non-hydrogen) atoms. The molecule has 2 heteroatoms. The molecule has 0 radical (unpaired) electrons. The molecule has 0 unspecified atom stereocenters. The first-order valence-electron chi connectivity index (χ1n) is 6.26. The van der Waals surface area contributed by atoms with E-state index < -0.39 is 0 Å². The van der Waals surface area contributed by atoms with E-state index in [9.17, 15) is 0 Å². The molecule has 0 spiro atoms. The van der Waals surface area contributed by atoms with Crippen LogP contribution >= 0.6 is 0 Å². The van der Waals surface area contributed by atoms with E-state index in [0.717, 1.165) is 22.4 Å². The molecular formula is C17H16O2. The lowest BCUT2D eigenvalue weighted by Gasteiger charge is -2.01. The monoisotopic (exact) mass is 252 g/mol. The second-order valence-corrected chi connectivity index (χ2v) is 4.07. The van der Waals surface area contributed by atoms with E-state index in [1.807, 2.05) is 55.5 Å². The zero-order chi connectivity index (χ0) is 13.5. The number of aliphatic hydroxyl groups is 1. The van der Waals surface area contributed by atoms with E-state index in [4.69, 9.17) is 9.84 Å². The first-order chi connectivity index (χ1) is 9.31. The third-order valence-electron chi connectivity index (χ3n) is 2.63. The second-order valence-electron chi connectivity index (χ2n) is 4.07. The molecule has 0 aliphatic heterocycles. The summed E-state index contributed by atoms with van der Waals surface area (Å²) in [4.78, 5) is 0. The molecule has 0 amide bonds. The lowest BCUT2D eigenvalue weighted by atomic mass is 10.1. The van der Waals surface area contributed by atoms with Gasteiger partial charge in [-0.05, 0) is 42.8 Å². The molecule has 2 rings (SSSR count). The Balaban J connectivity index is 2.16. The van der Waals surface area contributed by atoms with Crippen LogP contribution < -0.4 is 4.74 Å². The molecule has 0 heterocycles. The van der Waals surface area contributed by atoms with E-state index in [2.05, 4.69) is 11.8 Å². The minimum atomic E-state index is 0.0596. The summed E-state index contributed by atoms with van der Waals surface area (Å²) in [5.41, 5.74) is 2.75. The molecule has 2 aromatic rings. The Morgan fingerprint density at radius 3 is 2.42 bits per heavy atom. The van der Waals surface area contributed by atoms with Crippen LogP contribution in [0.15, 0.2) is 48.5 Å². The van der Waals surface area contributed by atoms with Gasteiger partial charge in [-0.3, -0.25) is 0 Å². The van der Waals surface area contributed by atoms with Crippen molar-refractivity contribution in [3.8, 4) is 17.6 Å². The standard InChI is InChI=1S/C17H16O2/c1-2-19-17-5-3-4-15(12-17)9-6-14-7-10-16(13-18)11-8-14/h3-5,7-8,10-12,18H,2,13H2,1H3. The maximum atomic E-state index is 8.97. The van der Waals surface area contributed by atoms with Crippen LogP contribution in [0, 0.1) is 11.8 Å². The molecule has 0 saturated heterocycles. The van der Waals surface area contributed by atoms with Crippen molar-refractivity contribution in [2.45, 2.75) is 13.5 Å². The molecule has 1 N–H and O–H groups in total. The SMILES string of the molecule is CCOc1cccc(C#Cc2ccc(CO)cc2)c1. The van der Waals surface area contributed by atoms with Crippen LogP contribution in [0.5, 0.6) is 5.75 Å². The highest BCUT2D eigenvalue weighted by Crippen LogP contribution is 2.12. The van der Waals surface area contributed by atoms with Crippen LogP contribution in [0.25, 0.3) is 0 Å². The van der Waals surface area contributed by atoms with Gasteiger partial charge in [0.15, 0.2) is 0 Å². The van der Waals surface area contributed by atoms with E-state index in [1.54, 1.807) is 0 Å². The minimum Gasteiger partial charge on any atom is -0.494 e. The Bertz CT molecular complexity index is 589. The van der Waals surface area contributed by atoms with Crippen molar-refractivity contribution in [3.05, 3.63) is 65.2 Å². The van der Waals surface area contributed by atoms with Gasteiger partial charge < -0.3 is 9.84 Å². The molecule has 2 nitrogen and oxygen atoms in total. The summed E-state index contributed by atoms with van der Waals surface area (Å²) in [5, 5.41) is 8.97. The molecule has 0 bridgehead atoms. The average Bonchev–Trinajstić information content (AvgIpc) is 2.46.